The molecule has 0 amide bonds. The third-order valence-electron chi connectivity index (χ3n) is 4.89. The van der Waals surface area contributed by atoms with E-state index in [-0.39, 0.29) is 11.7 Å². The quantitative estimate of drug-likeness (QED) is 0.852. The van der Waals surface area contributed by atoms with Crippen molar-refractivity contribution in [2.24, 2.45) is 0 Å². The molecule has 0 saturated carbocycles. The van der Waals surface area contributed by atoms with Crippen molar-refractivity contribution in [1.82, 2.24) is 14.7 Å². The molecule has 2 fully saturated rings. The molecule has 2 aliphatic rings. The van der Waals surface area contributed by atoms with Crippen molar-refractivity contribution in [3.8, 4) is 0 Å². The summed E-state index contributed by atoms with van der Waals surface area (Å²) in [5, 5.41) is 4.30. The van der Waals surface area contributed by atoms with Crippen LogP contribution in [-0.4, -0.2) is 52.7 Å². The fourth-order valence-corrected chi connectivity index (χ4v) is 4.71. The Morgan fingerprint density at radius 1 is 1.42 bits per heavy atom. The molecule has 0 aromatic carbocycles. The number of thiophene rings is 1. The average molecular weight is 347 g/mol. The van der Waals surface area contributed by atoms with Crippen LogP contribution in [-0.2, 0) is 22.6 Å². The fourth-order valence-electron chi connectivity index (χ4n) is 3.77. The highest BCUT2D eigenvalue weighted by molar-refractivity contribution is 7.11. The minimum Gasteiger partial charge on any atom is -0.377 e. The van der Waals surface area contributed by atoms with Crippen molar-refractivity contribution in [2.45, 2.75) is 44.6 Å². The first-order valence-corrected chi connectivity index (χ1v) is 9.53. The summed E-state index contributed by atoms with van der Waals surface area (Å²) in [5.41, 5.74) is -0.152. The van der Waals surface area contributed by atoms with E-state index in [2.05, 4.69) is 29.1 Å². The van der Waals surface area contributed by atoms with Gasteiger partial charge in [-0.2, -0.15) is 5.10 Å². The Bertz CT molecular complexity index is 657. The standard InChI is InChI=1S/C18H25N3O2S/c1-15-3-4-17(24-15)12-20-9-10-22-14-18(13-20)6-5-16(23-18)11-21-8-2-7-19-21/h2-4,7-8,16H,5-6,9-14H2,1H3. The van der Waals surface area contributed by atoms with Gasteiger partial charge in [-0.1, -0.05) is 0 Å². The SMILES string of the molecule is Cc1ccc(CN2CCOCC3(CCC(Cn4cccn4)O3)C2)s1. The molecule has 130 valence electrons. The Morgan fingerprint density at radius 3 is 3.17 bits per heavy atom. The van der Waals surface area contributed by atoms with E-state index in [9.17, 15) is 0 Å². The molecule has 0 radical (unpaired) electrons. The summed E-state index contributed by atoms with van der Waals surface area (Å²) in [4.78, 5) is 5.30. The molecular weight excluding hydrogens is 322 g/mol. The summed E-state index contributed by atoms with van der Waals surface area (Å²) in [6, 6.07) is 6.41. The van der Waals surface area contributed by atoms with Crippen molar-refractivity contribution >= 4 is 11.3 Å². The molecule has 2 atom stereocenters. The predicted molar refractivity (Wildman–Crippen MR) is 94.2 cm³/mol. The largest absolute Gasteiger partial charge is 0.377 e. The van der Waals surface area contributed by atoms with Gasteiger partial charge in [0, 0.05) is 41.8 Å². The van der Waals surface area contributed by atoms with Crippen molar-refractivity contribution in [3.05, 3.63) is 40.3 Å². The number of rotatable bonds is 4. The fraction of sp³-hybridized carbons (Fsp3) is 0.611. The van der Waals surface area contributed by atoms with Gasteiger partial charge in [-0.05, 0) is 38.0 Å². The zero-order valence-corrected chi connectivity index (χ0v) is 15.0. The molecule has 0 aliphatic carbocycles. The maximum atomic E-state index is 6.49. The second-order valence-corrected chi connectivity index (χ2v) is 8.34. The lowest BCUT2D eigenvalue weighted by molar-refractivity contribution is -0.0904. The lowest BCUT2D eigenvalue weighted by Gasteiger charge is -2.31. The van der Waals surface area contributed by atoms with Crippen LogP contribution in [0.2, 0.25) is 0 Å². The van der Waals surface area contributed by atoms with Gasteiger partial charge in [-0.25, -0.2) is 0 Å². The first-order chi connectivity index (χ1) is 11.7. The molecule has 0 bridgehead atoms. The number of hydrogen-bond acceptors (Lipinski definition) is 5. The van der Waals surface area contributed by atoms with Gasteiger partial charge in [0.05, 0.1) is 25.9 Å². The van der Waals surface area contributed by atoms with Crippen LogP contribution in [0.3, 0.4) is 0 Å². The van der Waals surface area contributed by atoms with Gasteiger partial charge >= 0.3 is 0 Å². The van der Waals surface area contributed by atoms with Gasteiger partial charge in [0.1, 0.15) is 5.60 Å². The molecule has 1 spiro atoms. The molecular formula is C18H25N3O2S. The Hall–Kier alpha value is -1.21. The van der Waals surface area contributed by atoms with E-state index < -0.39 is 0 Å². The Balaban J connectivity index is 1.40. The molecule has 2 aliphatic heterocycles. The summed E-state index contributed by atoms with van der Waals surface area (Å²) >= 11 is 1.89. The van der Waals surface area contributed by atoms with Crippen LogP contribution in [0.5, 0.6) is 0 Å². The van der Waals surface area contributed by atoms with Gasteiger partial charge in [0.25, 0.3) is 0 Å². The summed E-state index contributed by atoms with van der Waals surface area (Å²) in [7, 11) is 0. The molecule has 5 nitrogen and oxygen atoms in total. The summed E-state index contributed by atoms with van der Waals surface area (Å²) < 4.78 is 14.4. The topological polar surface area (TPSA) is 39.5 Å². The van der Waals surface area contributed by atoms with Gasteiger partial charge in [0.15, 0.2) is 0 Å². The smallest absolute Gasteiger partial charge is 0.105 e. The van der Waals surface area contributed by atoms with Crippen molar-refractivity contribution < 1.29 is 9.47 Å². The highest BCUT2D eigenvalue weighted by Gasteiger charge is 2.43. The van der Waals surface area contributed by atoms with E-state index >= 15 is 0 Å². The van der Waals surface area contributed by atoms with Gasteiger partial charge in [0.2, 0.25) is 0 Å². The van der Waals surface area contributed by atoms with Gasteiger partial charge in [-0.15, -0.1) is 11.3 Å². The number of aryl methyl sites for hydroxylation is 1. The zero-order chi connectivity index (χ0) is 16.4. The number of aromatic nitrogens is 2. The summed E-state index contributed by atoms with van der Waals surface area (Å²) in [6.45, 7) is 7.43. The maximum Gasteiger partial charge on any atom is 0.105 e. The molecule has 6 heteroatoms. The highest BCUT2D eigenvalue weighted by atomic mass is 32.1. The molecule has 4 rings (SSSR count). The minimum absolute atomic E-state index is 0.152. The van der Waals surface area contributed by atoms with Crippen molar-refractivity contribution in [3.63, 3.8) is 0 Å². The summed E-state index contributed by atoms with van der Waals surface area (Å²) in [6.07, 6.45) is 6.21. The first-order valence-electron chi connectivity index (χ1n) is 8.71. The van der Waals surface area contributed by atoms with Crippen molar-refractivity contribution in [2.75, 3.05) is 26.3 Å². The first kappa shape index (κ1) is 16.3. The van der Waals surface area contributed by atoms with E-state index in [4.69, 9.17) is 9.47 Å². The molecule has 2 unspecified atom stereocenters. The van der Waals surface area contributed by atoms with E-state index in [1.54, 1.807) is 0 Å². The third kappa shape index (κ3) is 3.72. The van der Waals surface area contributed by atoms with E-state index in [0.29, 0.717) is 6.61 Å². The average Bonchev–Trinajstić information content (AvgIpc) is 3.25. The molecule has 24 heavy (non-hydrogen) atoms. The second kappa shape index (κ2) is 6.96. The number of ether oxygens (including phenoxy) is 2. The minimum atomic E-state index is -0.152. The lowest BCUT2D eigenvalue weighted by atomic mass is 10.00. The van der Waals surface area contributed by atoms with Crippen LogP contribution in [0.15, 0.2) is 30.6 Å². The normalized spacial score (nSPS) is 28.5. The zero-order valence-electron chi connectivity index (χ0n) is 14.2. The third-order valence-corrected chi connectivity index (χ3v) is 5.88. The predicted octanol–water partition coefficient (Wildman–Crippen LogP) is 2.70. The Labute approximate surface area is 147 Å². The highest BCUT2D eigenvalue weighted by Crippen LogP contribution is 2.34. The molecule has 4 heterocycles. The van der Waals surface area contributed by atoms with Crippen LogP contribution in [0.4, 0.5) is 0 Å². The van der Waals surface area contributed by atoms with Crippen molar-refractivity contribution in [1.29, 1.82) is 0 Å². The van der Waals surface area contributed by atoms with E-state index in [1.165, 1.54) is 9.75 Å². The van der Waals surface area contributed by atoms with E-state index in [0.717, 1.165) is 45.6 Å². The van der Waals surface area contributed by atoms with Crippen LogP contribution in [0.25, 0.3) is 0 Å². The number of hydrogen-bond donors (Lipinski definition) is 0. The molecule has 0 N–H and O–H groups in total. The van der Waals surface area contributed by atoms with E-state index in [1.807, 2.05) is 34.5 Å². The Kier molecular flexibility index (Phi) is 4.72. The molecule has 2 aromatic heterocycles. The molecule has 2 saturated heterocycles. The summed E-state index contributed by atoms with van der Waals surface area (Å²) in [5.74, 6) is 0. The Morgan fingerprint density at radius 2 is 2.38 bits per heavy atom. The van der Waals surface area contributed by atoms with Gasteiger partial charge in [-0.3, -0.25) is 9.58 Å². The lowest BCUT2D eigenvalue weighted by Crippen LogP contribution is -2.44. The van der Waals surface area contributed by atoms with Crippen LogP contribution in [0, 0.1) is 6.92 Å². The van der Waals surface area contributed by atoms with Gasteiger partial charge < -0.3 is 9.47 Å². The molecule has 2 aromatic rings. The monoisotopic (exact) mass is 347 g/mol. The maximum absolute atomic E-state index is 6.49. The van der Waals surface area contributed by atoms with Crippen LogP contribution >= 0.6 is 11.3 Å². The second-order valence-electron chi connectivity index (χ2n) is 6.97. The van der Waals surface area contributed by atoms with Crippen LogP contribution in [0.1, 0.15) is 22.6 Å². The van der Waals surface area contributed by atoms with Crippen LogP contribution < -0.4 is 0 Å². The number of nitrogens with zero attached hydrogens (tertiary/aromatic N) is 3.